The highest BCUT2D eigenvalue weighted by Gasteiger charge is 2.16. The maximum Gasteiger partial charge on any atom is 0.310 e. The first-order valence-corrected chi connectivity index (χ1v) is 9.66. The number of H-pyrrole nitrogens is 1. The summed E-state index contributed by atoms with van der Waals surface area (Å²) >= 11 is 0. The molecule has 0 aliphatic heterocycles. The van der Waals surface area contributed by atoms with Gasteiger partial charge in [0.05, 0.1) is 6.42 Å². The summed E-state index contributed by atoms with van der Waals surface area (Å²) in [6.45, 7) is 3.80. The molecule has 0 fully saturated rings. The van der Waals surface area contributed by atoms with Crippen LogP contribution >= 0.6 is 0 Å². The van der Waals surface area contributed by atoms with Crippen molar-refractivity contribution in [1.29, 1.82) is 0 Å². The summed E-state index contributed by atoms with van der Waals surface area (Å²) in [6, 6.07) is 8.01. The summed E-state index contributed by atoms with van der Waals surface area (Å²) in [6.07, 6.45) is 4.06. The predicted octanol–water partition coefficient (Wildman–Crippen LogP) is 1.67. The van der Waals surface area contributed by atoms with Gasteiger partial charge in [0.2, 0.25) is 0 Å². The number of carbonyl (C=O) groups is 2. The number of aromatic nitrogens is 5. The van der Waals surface area contributed by atoms with Gasteiger partial charge >= 0.3 is 5.97 Å². The van der Waals surface area contributed by atoms with E-state index in [1.165, 1.54) is 6.33 Å². The van der Waals surface area contributed by atoms with Crippen LogP contribution in [-0.4, -0.2) is 49.6 Å². The number of aromatic amines is 1. The van der Waals surface area contributed by atoms with Crippen molar-refractivity contribution in [2.75, 3.05) is 13.2 Å². The van der Waals surface area contributed by atoms with Gasteiger partial charge in [-0.25, -0.2) is 9.50 Å². The minimum absolute atomic E-state index is 0.0170. The average Bonchev–Trinajstić information content (AvgIpc) is 3.37. The van der Waals surface area contributed by atoms with E-state index in [9.17, 15) is 9.59 Å². The van der Waals surface area contributed by atoms with Gasteiger partial charge in [-0.1, -0.05) is 18.2 Å². The van der Waals surface area contributed by atoms with Crippen LogP contribution in [0.2, 0.25) is 0 Å². The number of esters is 1. The summed E-state index contributed by atoms with van der Waals surface area (Å²) in [5.41, 5.74) is 4.38. The molecule has 0 spiro atoms. The highest BCUT2D eigenvalue weighted by atomic mass is 16.5. The van der Waals surface area contributed by atoms with Gasteiger partial charge < -0.3 is 15.0 Å². The fourth-order valence-electron chi connectivity index (χ4n) is 3.48. The first kappa shape index (κ1) is 19.6. The zero-order valence-corrected chi connectivity index (χ0v) is 16.8. The normalized spacial score (nSPS) is 11.1. The smallest absolute Gasteiger partial charge is 0.310 e. The quantitative estimate of drug-likeness (QED) is 0.451. The summed E-state index contributed by atoms with van der Waals surface area (Å²) in [5, 5.41) is 8.02. The van der Waals surface area contributed by atoms with E-state index in [0.717, 1.165) is 27.7 Å². The number of carbonyl (C=O) groups excluding carboxylic acids is 2. The minimum Gasteiger partial charge on any atom is -0.455 e. The lowest BCUT2D eigenvalue weighted by atomic mass is 10.1. The molecule has 3 heterocycles. The first-order valence-electron chi connectivity index (χ1n) is 9.66. The number of ether oxygens (including phenoxy) is 1. The first-order chi connectivity index (χ1) is 14.5. The van der Waals surface area contributed by atoms with Crippen molar-refractivity contribution < 1.29 is 14.3 Å². The number of para-hydroxylation sites is 1. The standard InChI is InChI=1S/C21H22N6O3/c1-13-17(14(2)27-21(26-13)24-12-25-27)9-20(29)30-11-19(28)22-8-7-15-10-23-18-6-4-3-5-16(15)18/h3-6,10,12,23H,7-9,11H2,1-2H3,(H,22,28). The van der Waals surface area contributed by atoms with Gasteiger partial charge in [0.15, 0.2) is 6.61 Å². The van der Waals surface area contributed by atoms with Gasteiger partial charge in [0.25, 0.3) is 11.7 Å². The lowest BCUT2D eigenvalue weighted by Crippen LogP contribution is -2.30. The maximum absolute atomic E-state index is 12.2. The van der Waals surface area contributed by atoms with Gasteiger partial charge in [-0.2, -0.15) is 10.1 Å². The minimum atomic E-state index is -0.491. The largest absolute Gasteiger partial charge is 0.455 e. The average molecular weight is 406 g/mol. The second kappa shape index (κ2) is 8.32. The molecule has 0 saturated heterocycles. The zero-order valence-electron chi connectivity index (χ0n) is 16.8. The van der Waals surface area contributed by atoms with Crippen molar-refractivity contribution in [3.63, 3.8) is 0 Å². The molecule has 2 N–H and O–H groups in total. The van der Waals surface area contributed by atoms with Crippen molar-refractivity contribution in [2.24, 2.45) is 0 Å². The molecule has 30 heavy (non-hydrogen) atoms. The third kappa shape index (κ3) is 4.00. The van der Waals surface area contributed by atoms with E-state index < -0.39 is 5.97 Å². The van der Waals surface area contributed by atoms with Gasteiger partial charge in [0.1, 0.15) is 6.33 Å². The Bertz CT molecular complexity index is 1230. The Hall–Kier alpha value is -3.75. The molecule has 0 unspecified atom stereocenters. The van der Waals surface area contributed by atoms with Crippen LogP contribution in [0.3, 0.4) is 0 Å². The number of fused-ring (bicyclic) bond motifs is 2. The van der Waals surface area contributed by atoms with Gasteiger partial charge in [-0.3, -0.25) is 9.59 Å². The van der Waals surface area contributed by atoms with E-state index in [-0.39, 0.29) is 18.9 Å². The molecule has 1 amide bonds. The molecule has 1 aromatic carbocycles. The summed E-state index contributed by atoms with van der Waals surface area (Å²) < 4.78 is 6.72. The fourth-order valence-corrected chi connectivity index (χ4v) is 3.48. The highest BCUT2D eigenvalue weighted by molar-refractivity contribution is 5.83. The summed E-state index contributed by atoms with van der Waals surface area (Å²) in [4.78, 5) is 35.9. The Morgan fingerprint density at radius 1 is 1.23 bits per heavy atom. The lowest BCUT2D eigenvalue weighted by Gasteiger charge is -2.10. The van der Waals surface area contributed by atoms with Crippen LogP contribution in [0.1, 0.15) is 22.5 Å². The molecule has 9 nitrogen and oxygen atoms in total. The number of hydrogen-bond donors (Lipinski definition) is 2. The molecule has 4 rings (SSSR count). The topological polar surface area (TPSA) is 114 Å². The Morgan fingerprint density at radius 3 is 2.93 bits per heavy atom. The Labute approximate surface area is 172 Å². The molecule has 0 aliphatic rings. The molecule has 0 radical (unpaired) electrons. The molecular formula is C21H22N6O3. The number of amides is 1. The van der Waals surface area contributed by atoms with Gasteiger partial charge in [0, 0.05) is 40.6 Å². The number of hydrogen-bond acceptors (Lipinski definition) is 6. The molecule has 0 aliphatic carbocycles. The van der Waals surface area contributed by atoms with Crippen LogP contribution in [0.15, 0.2) is 36.8 Å². The Kier molecular flexibility index (Phi) is 5.42. The molecule has 154 valence electrons. The lowest BCUT2D eigenvalue weighted by molar-refractivity contribution is -0.147. The second-order valence-corrected chi connectivity index (χ2v) is 7.03. The number of rotatable bonds is 7. The zero-order chi connectivity index (χ0) is 21.1. The molecule has 4 aromatic rings. The van der Waals surface area contributed by atoms with E-state index in [2.05, 4.69) is 25.4 Å². The van der Waals surface area contributed by atoms with Crippen LogP contribution in [0.25, 0.3) is 16.7 Å². The van der Waals surface area contributed by atoms with E-state index >= 15 is 0 Å². The van der Waals surface area contributed by atoms with Crippen LogP contribution < -0.4 is 5.32 Å². The number of nitrogens with zero attached hydrogens (tertiary/aromatic N) is 4. The highest BCUT2D eigenvalue weighted by Crippen LogP contribution is 2.17. The number of benzene rings is 1. The van der Waals surface area contributed by atoms with Crippen LogP contribution in [0, 0.1) is 13.8 Å². The SMILES string of the molecule is Cc1nc2ncnn2c(C)c1CC(=O)OCC(=O)NCCc1c[nH]c2ccccc12. The number of aryl methyl sites for hydroxylation is 2. The molecule has 0 atom stereocenters. The molecule has 9 heteroatoms. The van der Waals surface area contributed by atoms with E-state index in [1.807, 2.05) is 44.3 Å². The molecule has 0 bridgehead atoms. The molecule has 3 aromatic heterocycles. The second-order valence-electron chi connectivity index (χ2n) is 7.03. The third-order valence-corrected chi connectivity index (χ3v) is 5.07. The van der Waals surface area contributed by atoms with Crippen molar-refractivity contribution in [3.8, 4) is 0 Å². The van der Waals surface area contributed by atoms with Crippen LogP contribution in [0.4, 0.5) is 0 Å². The molecule has 0 saturated carbocycles. The van der Waals surface area contributed by atoms with E-state index in [1.54, 1.807) is 4.52 Å². The Balaban J connectivity index is 1.26. The monoisotopic (exact) mass is 406 g/mol. The predicted molar refractivity (Wildman–Crippen MR) is 110 cm³/mol. The van der Waals surface area contributed by atoms with Crippen molar-refractivity contribution in [1.82, 2.24) is 29.9 Å². The third-order valence-electron chi connectivity index (χ3n) is 5.07. The van der Waals surface area contributed by atoms with Crippen molar-refractivity contribution >= 4 is 28.6 Å². The number of nitrogens with one attached hydrogen (secondary N) is 2. The van der Waals surface area contributed by atoms with E-state index in [4.69, 9.17) is 4.74 Å². The van der Waals surface area contributed by atoms with Crippen LogP contribution in [0.5, 0.6) is 0 Å². The maximum atomic E-state index is 12.2. The van der Waals surface area contributed by atoms with Gasteiger partial charge in [-0.15, -0.1) is 0 Å². The van der Waals surface area contributed by atoms with Crippen LogP contribution in [-0.2, 0) is 27.2 Å². The van der Waals surface area contributed by atoms with Gasteiger partial charge in [-0.05, 0) is 31.9 Å². The molecular weight excluding hydrogens is 384 g/mol. The summed E-state index contributed by atoms with van der Waals surface area (Å²) in [7, 11) is 0. The summed E-state index contributed by atoms with van der Waals surface area (Å²) in [5.74, 6) is -0.340. The van der Waals surface area contributed by atoms with Crippen molar-refractivity contribution in [2.45, 2.75) is 26.7 Å². The Morgan fingerprint density at radius 2 is 2.07 bits per heavy atom. The van der Waals surface area contributed by atoms with Crippen molar-refractivity contribution in [3.05, 3.63) is 59.3 Å². The fraction of sp³-hybridized carbons (Fsp3) is 0.286. The van der Waals surface area contributed by atoms with E-state index in [0.29, 0.717) is 24.4 Å².